The second-order valence-corrected chi connectivity index (χ2v) is 8.31. The van der Waals surface area contributed by atoms with E-state index in [0.29, 0.717) is 5.39 Å². The molecule has 0 unspecified atom stereocenters. The van der Waals surface area contributed by atoms with Crippen LogP contribution in [0.15, 0.2) is 66.7 Å². The third-order valence-electron chi connectivity index (χ3n) is 4.58. The molecular weight excluding hydrogens is 491 g/mol. The molecule has 0 amide bonds. The topological polar surface area (TPSA) is 43.4 Å². The van der Waals surface area contributed by atoms with Gasteiger partial charge in [0.25, 0.3) is 0 Å². The Bertz CT molecular complexity index is 1270. The van der Waals surface area contributed by atoms with Crippen molar-refractivity contribution in [2.75, 3.05) is 0 Å². The SMILES string of the molecule is O=S(=O)(Oc1ccc2ccccc2c1-c1ccccc1)C(F)(F)C(F)(F)C(F)(F)C(F)(F)F. The van der Waals surface area contributed by atoms with Gasteiger partial charge in [-0.3, -0.25) is 0 Å². The quantitative estimate of drug-likeness (QED) is 0.280. The van der Waals surface area contributed by atoms with Gasteiger partial charge in [-0.2, -0.15) is 47.9 Å². The Hall–Kier alpha value is -2.96. The van der Waals surface area contributed by atoms with E-state index in [0.717, 1.165) is 12.1 Å². The minimum absolute atomic E-state index is 0.162. The van der Waals surface area contributed by atoms with Crippen LogP contribution in [0.25, 0.3) is 21.9 Å². The van der Waals surface area contributed by atoms with Gasteiger partial charge in [0, 0.05) is 5.56 Å². The summed E-state index contributed by atoms with van der Waals surface area (Å²) < 4.78 is 147. The summed E-state index contributed by atoms with van der Waals surface area (Å²) in [5.74, 6) is -15.8. The third kappa shape index (κ3) is 3.87. The van der Waals surface area contributed by atoms with Crippen molar-refractivity contribution in [1.82, 2.24) is 0 Å². The van der Waals surface area contributed by atoms with Crippen molar-refractivity contribution in [1.29, 1.82) is 0 Å². The summed E-state index contributed by atoms with van der Waals surface area (Å²) >= 11 is 0. The van der Waals surface area contributed by atoms with Crippen LogP contribution in [0, 0.1) is 0 Å². The standard InChI is InChI=1S/C20H11F9O3S/c21-17(22,19(25,26)27)18(23,24)20(28,29)33(30,31)32-15-11-10-12-6-4-5-9-14(12)16(15)13-7-2-1-3-8-13/h1-11H. The minimum atomic E-state index is -7.39. The van der Waals surface area contributed by atoms with Crippen molar-refractivity contribution in [3.05, 3.63) is 66.7 Å². The molecule has 0 aromatic heterocycles. The summed E-state index contributed by atoms with van der Waals surface area (Å²) in [6.07, 6.45) is -7.17. The molecule has 3 nitrogen and oxygen atoms in total. The molecule has 0 saturated heterocycles. The second kappa shape index (κ2) is 7.82. The predicted molar refractivity (Wildman–Crippen MR) is 99.8 cm³/mol. The summed E-state index contributed by atoms with van der Waals surface area (Å²) in [4.78, 5) is 0. The van der Waals surface area contributed by atoms with Gasteiger partial charge >= 0.3 is 33.4 Å². The fraction of sp³-hybridized carbons (Fsp3) is 0.200. The zero-order valence-corrected chi connectivity index (χ0v) is 16.7. The van der Waals surface area contributed by atoms with Crippen molar-refractivity contribution in [2.45, 2.75) is 23.3 Å². The van der Waals surface area contributed by atoms with Crippen LogP contribution in [0.4, 0.5) is 39.5 Å². The number of hydrogen-bond donors (Lipinski definition) is 0. The third-order valence-corrected chi connectivity index (χ3v) is 5.87. The van der Waals surface area contributed by atoms with E-state index in [4.69, 9.17) is 0 Å². The van der Waals surface area contributed by atoms with Gasteiger partial charge < -0.3 is 4.18 Å². The molecule has 33 heavy (non-hydrogen) atoms. The first-order chi connectivity index (χ1) is 15.0. The molecule has 178 valence electrons. The van der Waals surface area contributed by atoms with E-state index < -0.39 is 39.1 Å². The van der Waals surface area contributed by atoms with Crippen LogP contribution < -0.4 is 4.18 Å². The van der Waals surface area contributed by atoms with Gasteiger partial charge in [0.1, 0.15) is 0 Å². The normalized spacial score (nSPS) is 13.8. The second-order valence-electron chi connectivity index (χ2n) is 6.73. The van der Waals surface area contributed by atoms with Crippen molar-refractivity contribution in [2.24, 2.45) is 0 Å². The van der Waals surface area contributed by atoms with Gasteiger partial charge in [0.15, 0.2) is 5.75 Å². The maximum atomic E-state index is 14.1. The van der Waals surface area contributed by atoms with Crippen molar-refractivity contribution in [3.63, 3.8) is 0 Å². The predicted octanol–water partition coefficient (Wildman–Crippen LogP) is 6.64. The van der Waals surface area contributed by atoms with E-state index in [9.17, 15) is 47.9 Å². The molecule has 0 heterocycles. The molecule has 0 atom stereocenters. The van der Waals surface area contributed by atoms with Crippen molar-refractivity contribution < 1.29 is 52.1 Å². The lowest BCUT2D eigenvalue weighted by Gasteiger charge is -2.32. The Kier molecular flexibility index (Phi) is 5.85. The van der Waals surface area contributed by atoms with Gasteiger partial charge in [-0.15, -0.1) is 0 Å². The maximum absolute atomic E-state index is 14.1. The molecule has 0 aliphatic rings. The molecule has 0 fully saturated rings. The Balaban J connectivity index is 2.18. The van der Waals surface area contributed by atoms with Crippen molar-refractivity contribution in [3.8, 4) is 16.9 Å². The lowest BCUT2D eigenvalue weighted by Crippen LogP contribution is -2.63. The fourth-order valence-corrected chi connectivity index (χ4v) is 3.83. The van der Waals surface area contributed by atoms with Crippen LogP contribution in [0.5, 0.6) is 5.75 Å². The molecule has 3 aromatic carbocycles. The highest BCUT2D eigenvalue weighted by atomic mass is 32.2. The highest BCUT2D eigenvalue weighted by Gasteiger charge is 2.86. The number of benzene rings is 3. The number of halogens is 9. The Morgan fingerprint density at radius 1 is 0.636 bits per heavy atom. The Morgan fingerprint density at radius 2 is 1.18 bits per heavy atom. The van der Waals surface area contributed by atoms with Crippen LogP contribution in [0.1, 0.15) is 0 Å². The van der Waals surface area contributed by atoms with E-state index in [2.05, 4.69) is 4.18 Å². The molecule has 0 aliphatic carbocycles. The lowest BCUT2D eigenvalue weighted by atomic mass is 9.97. The largest absolute Gasteiger partial charge is 0.460 e. The van der Waals surface area contributed by atoms with Gasteiger partial charge in [0.05, 0.1) is 0 Å². The van der Waals surface area contributed by atoms with Gasteiger partial charge in [-0.25, -0.2) is 0 Å². The van der Waals surface area contributed by atoms with E-state index >= 15 is 0 Å². The summed E-state index contributed by atoms with van der Waals surface area (Å²) in [7, 11) is -7.08. The molecule has 0 saturated carbocycles. The van der Waals surface area contributed by atoms with E-state index in [1.54, 1.807) is 12.1 Å². The van der Waals surface area contributed by atoms with E-state index in [-0.39, 0.29) is 16.5 Å². The minimum Gasteiger partial charge on any atom is -0.377 e. The Morgan fingerprint density at radius 3 is 1.76 bits per heavy atom. The number of hydrogen-bond acceptors (Lipinski definition) is 3. The van der Waals surface area contributed by atoms with Gasteiger partial charge in [0.2, 0.25) is 0 Å². The van der Waals surface area contributed by atoms with Crippen LogP contribution in [0.2, 0.25) is 0 Å². The lowest BCUT2D eigenvalue weighted by molar-refractivity contribution is -0.382. The van der Waals surface area contributed by atoms with E-state index in [1.165, 1.54) is 42.5 Å². The Labute approximate surface area is 180 Å². The van der Waals surface area contributed by atoms with Crippen LogP contribution in [-0.4, -0.2) is 31.7 Å². The summed E-state index contributed by atoms with van der Waals surface area (Å²) in [6.45, 7) is 0. The first kappa shape index (κ1) is 24.7. The highest BCUT2D eigenvalue weighted by Crippen LogP contribution is 2.55. The molecule has 3 rings (SSSR count). The first-order valence-electron chi connectivity index (χ1n) is 8.76. The average Bonchev–Trinajstić information content (AvgIpc) is 2.72. The molecule has 0 bridgehead atoms. The fourth-order valence-electron chi connectivity index (χ4n) is 2.91. The van der Waals surface area contributed by atoms with Gasteiger partial charge in [-0.05, 0) is 22.4 Å². The first-order valence-corrected chi connectivity index (χ1v) is 10.2. The number of alkyl halides is 9. The molecule has 0 aliphatic heterocycles. The monoisotopic (exact) mass is 502 g/mol. The zero-order valence-electron chi connectivity index (χ0n) is 15.9. The molecule has 0 N–H and O–H groups in total. The van der Waals surface area contributed by atoms with Gasteiger partial charge in [-0.1, -0.05) is 60.7 Å². The number of rotatable bonds is 6. The average molecular weight is 502 g/mol. The smallest absolute Gasteiger partial charge is 0.377 e. The van der Waals surface area contributed by atoms with Crippen LogP contribution in [-0.2, 0) is 10.1 Å². The zero-order chi connectivity index (χ0) is 24.9. The molecule has 13 heteroatoms. The summed E-state index contributed by atoms with van der Waals surface area (Å²) in [5.41, 5.74) is -0.0332. The number of fused-ring (bicyclic) bond motifs is 1. The van der Waals surface area contributed by atoms with Crippen molar-refractivity contribution >= 4 is 20.9 Å². The molecule has 0 spiro atoms. The summed E-state index contributed by atoms with van der Waals surface area (Å²) in [5, 5.41) is -6.33. The van der Waals surface area contributed by atoms with Crippen LogP contribution in [0.3, 0.4) is 0 Å². The molecule has 0 radical (unpaired) electrons. The maximum Gasteiger partial charge on any atom is 0.460 e. The summed E-state index contributed by atoms with van der Waals surface area (Å²) in [6, 6.07) is 15.2. The van der Waals surface area contributed by atoms with E-state index in [1.807, 2.05) is 0 Å². The highest BCUT2D eigenvalue weighted by molar-refractivity contribution is 7.88. The van der Waals surface area contributed by atoms with Crippen LogP contribution >= 0.6 is 0 Å². The molecular formula is C20H11F9O3S. The molecule has 3 aromatic rings.